The predicted octanol–water partition coefficient (Wildman–Crippen LogP) is 2.51. The van der Waals surface area contributed by atoms with Crippen molar-refractivity contribution in [3.05, 3.63) is 28.8 Å². The number of rotatable bonds is 3. The second kappa shape index (κ2) is 4.80. The molecule has 1 atom stereocenters. The van der Waals surface area contributed by atoms with E-state index in [0.29, 0.717) is 0 Å². The van der Waals surface area contributed by atoms with Crippen molar-refractivity contribution in [1.29, 1.82) is 5.26 Å². The summed E-state index contributed by atoms with van der Waals surface area (Å²) in [6.45, 7) is 5.26. The third kappa shape index (κ3) is 2.06. The highest BCUT2D eigenvalue weighted by Gasteiger charge is 2.19. The van der Waals surface area contributed by atoms with Crippen molar-refractivity contribution in [2.75, 3.05) is 7.11 Å². The van der Waals surface area contributed by atoms with Gasteiger partial charge in [0.2, 0.25) is 0 Å². The molecule has 1 aromatic carbocycles. The molecule has 0 aliphatic carbocycles. The van der Waals surface area contributed by atoms with Crippen molar-refractivity contribution in [1.82, 2.24) is 0 Å². The molecule has 0 radical (unpaired) electrons. The monoisotopic (exact) mass is 217 g/mol. The fourth-order valence-corrected chi connectivity index (χ4v) is 1.73. The average molecular weight is 217 g/mol. The van der Waals surface area contributed by atoms with Gasteiger partial charge in [0.1, 0.15) is 11.7 Å². The van der Waals surface area contributed by atoms with E-state index >= 15 is 0 Å². The van der Waals surface area contributed by atoms with E-state index in [1.165, 1.54) is 6.92 Å². The van der Waals surface area contributed by atoms with Crippen LogP contribution in [0.2, 0.25) is 0 Å². The fraction of sp³-hybridized carbons (Fsp3) is 0.385. The molecule has 0 heterocycles. The summed E-state index contributed by atoms with van der Waals surface area (Å²) in [5, 5.41) is 8.99. The number of carbonyl (C=O) groups excluding carboxylic acids is 1. The van der Waals surface area contributed by atoms with Crippen molar-refractivity contribution < 1.29 is 9.53 Å². The molecule has 0 aliphatic rings. The molecular weight excluding hydrogens is 202 g/mol. The van der Waals surface area contributed by atoms with Gasteiger partial charge >= 0.3 is 0 Å². The van der Waals surface area contributed by atoms with Crippen LogP contribution in [0.4, 0.5) is 0 Å². The summed E-state index contributed by atoms with van der Waals surface area (Å²) in [6.07, 6.45) is 0. The number of benzene rings is 1. The molecule has 0 unspecified atom stereocenters. The third-order valence-electron chi connectivity index (χ3n) is 2.85. The van der Waals surface area contributed by atoms with Gasteiger partial charge in [-0.1, -0.05) is 6.07 Å². The molecule has 0 N–H and O–H groups in total. The number of ketones is 1. The zero-order chi connectivity index (χ0) is 12.3. The van der Waals surface area contributed by atoms with Crippen molar-refractivity contribution in [3.63, 3.8) is 0 Å². The van der Waals surface area contributed by atoms with Crippen LogP contribution < -0.4 is 4.74 Å². The van der Waals surface area contributed by atoms with Gasteiger partial charge in [0.15, 0.2) is 5.78 Å². The Morgan fingerprint density at radius 1 is 1.38 bits per heavy atom. The van der Waals surface area contributed by atoms with E-state index in [1.54, 1.807) is 19.2 Å². The van der Waals surface area contributed by atoms with Gasteiger partial charge < -0.3 is 4.74 Å². The minimum atomic E-state index is -0.676. The van der Waals surface area contributed by atoms with Crippen molar-refractivity contribution in [3.8, 4) is 11.8 Å². The number of carbonyl (C=O) groups is 1. The van der Waals surface area contributed by atoms with Crippen LogP contribution in [0.5, 0.6) is 5.75 Å². The maximum absolute atomic E-state index is 11.3. The molecule has 0 aliphatic heterocycles. The fourth-order valence-electron chi connectivity index (χ4n) is 1.73. The summed E-state index contributed by atoms with van der Waals surface area (Å²) in [5.74, 6) is -0.0266. The second-order valence-electron chi connectivity index (χ2n) is 3.78. The molecule has 0 spiro atoms. The van der Waals surface area contributed by atoms with E-state index in [1.807, 2.05) is 19.9 Å². The first-order valence-corrected chi connectivity index (χ1v) is 5.07. The van der Waals surface area contributed by atoms with Crippen LogP contribution >= 0.6 is 0 Å². The van der Waals surface area contributed by atoms with E-state index < -0.39 is 5.92 Å². The Balaban J connectivity index is 3.32. The van der Waals surface area contributed by atoms with Gasteiger partial charge in [-0.25, -0.2) is 0 Å². The van der Waals surface area contributed by atoms with Crippen molar-refractivity contribution in [2.24, 2.45) is 0 Å². The zero-order valence-corrected chi connectivity index (χ0v) is 10.00. The molecule has 16 heavy (non-hydrogen) atoms. The topological polar surface area (TPSA) is 50.1 Å². The van der Waals surface area contributed by atoms with Gasteiger partial charge in [-0.2, -0.15) is 5.26 Å². The van der Waals surface area contributed by atoms with E-state index in [4.69, 9.17) is 10.00 Å². The highest BCUT2D eigenvalue weighted by Crippen LogP contribution is 2.28. The number of hydrogen-bond donors (Lipinski definition) is 0. The van der Waals surface area contributed by atoms with Crippen LogP contribution in [0.15, 0.2) is 12.1 Å². The number of ether oxygens (including phenoxy) is 1. The first kappa shape index (κ1) is 12.3. The summed E-state index contributed by atoms with van der Waals surface area (Å²) in [7, 11) is 1.61. The van der Waals surface area contributed by atoms with Gasteiger partial charge in [-0.3, -0.25) is 4.79 Å². The van der Waals surface area contributed by atoms with Gasteiger partial charge in [0, 0.05) is 0 Å². The maximum atomic E-state index is 11.3. The van der Waals surface area contributed by atoms with Gasteiger partial charge in [0.05, 0.1) is 13.2 Å². The summed E-state index contributed by atoms with van der Waals surface area (Å²) in [5.41, 5.74) is 2.69. The lowest BCUT2D eigenvalue weighted by atomic mass is 9.90. The molecule has 0 saturated carbocycles. The van der Waals surface area contributed by atoms with Crippen LogP contribution in [0.25, 0.3) is 0 Å². The number of Topliss-reactive ketones (excluding diaryl/α,β-unsaturated/α-hetero) is 1. The highest BCUT2D eigenvalue weighted by atomic mass is 16.5. The Morgan fingerprint density at radius 2 is 2.00 bits per heavy atom. The summed E-state index contributed by atoms with van der Waals surface area (Å²) < 4.78 is 5.19. The molecule has 0 bridgehead atoms. The third-order valence-corrected chi connectivity index (χ3v) is 2.85. The van der Waals surface area contributed by atoms with Gasteiger partial charge in [0.25, 0.3) is 0 Å². The predicted molar refractivity (Wildman–Crippen MR) is 61.5 cm³/mol. The SMILES string of the molecule is COc1ccc([C@H](C#N)C(C)=O)c(C)c1C. The molecule has 1 aromatic rings. The van der Waals surface area contributed by atoms with E-state index in [0.717, 1.165) is 22.4 Å². The normalized spacial score (nSPS) is 11.7. The molecule has 0 amide bonds. The number of methoxy groups -OCH3 is 1. The minimum absolute atomic E-state index is 0.129. The molecule has 3 heteroatoms. The summed E-state index contributed by atoms with van der Waals surface area (Å²) >= 11 is 0. The van der Waals surface area contributed by atoms with Crippen LogP contribution in [0.3, 0.4) is 0 Å². The maximum Gasteiger partial charge on any atom is 0.151 e. The van der Waals surface area contributed by atoms with Crippen molar-refractivity contribution in [2.45, 2.75) is 26.7 Å². The second-order valence-corrected chi connectivity index (χ2v) is 3.78. The highest BCUT2D eigenvalue weighted by molar-refractivity contribution is 5.86. The average Bonchev–Trinajstić information content (AvgIpc) is 2.25. The lowest BCUT2D eigenvalue weighted by molar-refractivity contribution is -0.117. The van der Waals surface area contributed by atoms with E-state index in [2.05, 4.69) is 0 Å². The zero-order valence-electron chi connectivity index (χ0n) is 10.00. The molecular formula is C13H15NO2. The van der Waals surface area contributed by atoms with E-state index in [9.17, 15) is 4.79 Å². The largest absolute Gasteiger partial charge is 0.496 e. The first-order chi connectivity index (χ1) is 7.52. The lowest BCUT2D eigenvalue weighted by Gasteiger charge is -2.14. The molecule has 1 rings (SSSR count). The molecule has 0 aromatic heterocycles. The number of nitriles is 1. The van der Waals surface area contributed by atoms with Gasteiger partial charge in [-0.05, 0) is 43.5 Å². The standard InChI is InChI=1S/C13H15NO2/c1-8-9(2)13(16-4)6-5-11(8)12(7-14)10(3)15/h5-6,12H,1-4H3/t12-/m1/s1. The summed E-state index contributed by atoms with van der Waals surface area (Å²) in [4.78, 5) is 11.3. The van der Waals surface area contributed by atoms with Crippen LogP contribution in [0, 0.1) is 25.2 Å². The lowest BCUT2D eigenvalue weighted by Crippen LogP contribution is -2.09. The Kier molecular flexibility index (Phi) is 3.68. The van der Waals surface area contributed by atoms with Gasteiger partial charge in [-0.15, -0.1) is 0 Å². The quantitative estimate of drug-likeness (QED) is 0.781. The Morgan fingerprint density at radius 3 is 2.44 bits per heavy atom. The van der Waals surface area contributed by atoms with Crippen molar-refractivity contribution >= 4 is 5.78 Å². The Bertz CT molecular complexity index is 458. The summed E-state index contributed by atoms with van der Waals surface area (Å²) in [6, 6.07) is 5.62. The van der Waals surface area contributed by atoms with Crippen LogP contribution in [-0.2, 0) is 4.79 Å². The number of hydrogen-bond acceptors (Lipinski definition) is 3. The molecule has 84 valence electrons. The minimum Gasteiger partial charge on any atom is -0.496 e. The van der Waals surface area contributed by atoms with E-state index in [-0.39, 0.29) is 5.78 Å². The van der Waals surface area contributed by atoms with Crippen LogP contribution in [-0.4, -0.2) is 12.9 Å². The number of nitrogens with zero attached hydrogens (tertiary/aromatic N) is 1. The molecule has 3 nitrogen and oxygen atoms in total. The van der Waals surface area contributed by atoms with Crippen LogP contribution in [0.1, 0.15) is 29.5 Å². The smallest absolute Gasteiger partial charge is 0.151 e. The molecule has 0 fully saturated rings. The Labute approximate surface area is 95.7 Å². The molecule has 0 saturated heterocycles. The Hall–Kier alpha value is -1.82. The first-order valence-electron chi connectivity index (χ1n) is 5.07.